The quantitative estimate of drug-likeness (QED) is 0.488. The van der Waals surface area contributed by atoms with Crippen molar-refractivity contribution in [3.05, 3.63) is 29.8 Å². The van der Waals surface area contributed by atoms with E-state index in [9.17, 15) is 9.59 Å². The molecule has 0 aliphatic carbocycles. The zero-order valence-electron chi connectivity index (χ0n) is 16.9. The van der Waals surface area contributed by atoms with E-state index in [2.05, 4.69) is 10.2 Å². The van der Waals surface area contributed by atoms with Gasteiger partial charge in [-0.15, -0.1) is 0 Å². The summed E-state index contributed by atoms with van der Waals surface area (Å²) in [6.07, 6.45) is 3.27. The molecule has 2 aliphatic rings. The Balaban J connectivity index is 1.45. The third-order valence-corrected chi connectivity index (χ3v) is 5.73. The molecule has 0 spiro atoms. The van der Waals surface area contributed by atoms with Gasteiger partial charge in [0.2, 0.25) is 11.8 Å². The highest BCUT2D eigenvalue weighted by Gasteiger charge is 2.46. The molecule has 1 unspecified atom stereocenters. The van der Waals surface area contributed by atoms with Gasteiger partial charge < -0.3 is 19.7 Å². The number of nitrogens with one attached hydrogen (secondary N) is 1. The molecule has 2 heterocycles. The maximum Gasteiger partial charge on any atom is 0.240 e. The first-order valence-electron chi connectivity index (χ1n) is 10.0. The normalized spacial score (nSPS) is 22.2. The lowest BCUT2D eigenvalue weighted by molar-refractivity contribution is -0.141. The van der Waals surface area contributed by atoms with Crippen LogP contribution in [0.4, 0.5) is 0 Å². The second-order valence-corrected chi connectivity index (χ2v) is 7.74. The summed E-state index contributed by atoms with van der Waals surface area (Å²) in [6, 6.07) is 7.89. The number of hydrogen-bond donors (Lipinski definition) is 1. The maximum atomic E-state index is 12.7. The smallest absolute Gasteiger partial charge is 0.240 e. The standard InChI is InChI=1S/C21H31N3O4/c1-21(20(26)22-10-5-12-23-11-4-8-19(23)25)9-13-24(21)15-17-6-3-7-18(14-17)28-16-27-2/h3,6-7,14H,4-5,8-13,15-16H2,1-2H3,(H,22,26). The first kappa shape index (κ1) is 20.6. The summed E-state index contributed by atoms with van der Waals surface area (Å²) in [4.78, 5) is 28.5. The van der Waals surface area contributed by atoms with Crippen LogP contribution in [0.1, 0.15) is 38.2 Å². The fourth-order valence-electron chi connectivity index (χ4n) is 3.80. The van der Waals surface area contributed by atoms with Crippen molar-refractivity contribution in [1.82, 2.24) is 15.1 Å². The van der Waals surface area contributed by atoms with Crippen LogP contribution in [-0.2, 0) is 20.9 Å². The van der Waals surface area contributed by atoms with E-state index >= 15 is 0 Å². The average molecular weight is 389 g/mol. The Morgan fingerprint density at radius 3 is 2.86 bits per heavy atom. The van der Waals surface area contributed by atoms with E-state index in [1.54, 1.807) is 7.11 Å². The van der Waals surface area contributed by atoms with E-state index in [1.165, 1.54) is 0 Å². The number of benzene rings is 1. The summed E-state index contributed by atoms with van der Waals surface area (Å²) in [7, 11) is 1.59. The lowest BCUT2D eigenvalue weighted by Gasteiger charge is -2.49. The van der Waals surface area contributed by atoms with Gasteiger partial charge in [0.15, 0.2) is 6.79 Å². The summed E-state index contributed by atoms with van der Waals surface area (Å²) in [6.45, 7) is 6.01. The Hall–Kier alpha value is -2.12. The molecule has 0 bridgehead atoms. The van der Waals surface area contributed by atoms with Crippen LogP contribution in [0, 0.1) is 0 Å². The van der Waals surface area contributed by atoms with E-state index < -0.39 is 5.54 Å². The second-order valence-electron chi connectivity index (χ2n) is 7.74. The van der Waals surface area contributed by atoms with Crippen molar-refractivity contribution < 1.29 is 19.1 Å². The average Bonchev–Trinajstić information content (AvgIpc) is 3.11. The Morgan fingerprint density at radius 1 is 1.32 bits per heavy atom. The minimum atomic E-state index is -0.479. The van der Waals surface area contributed by atoms with E-state index in [1.807, 2.05) is 36.1 Å². The fraction of sp³-hybridized carbons (Fsp3) is 0.619. The number of methoxy groups -OCH3 is 1. The highest BCUT2D eigenvalue weighted by atomic mass is 16.7. The molecule has 1 N–H and O–H groups in total. The van der Waals surface area contributed by atoms with Crippen LogP contribution >= 0.6 is 0 Å². The SMILES string of the molecule is COCOc1cccc(CN2CCC2(C)C(=O)NCCCN2CCCC2=O)c1. The highest BCUT2D eigenvalue weighted by molar-refractivity contribution is 5.86. The molecule has 1 atom stereocenters. The number of ether oxygens (including phenoxy) is 2. The summed E-state index contributed by atoms with van der Waals surface area (Å²) < 4.78 is 10.4. The molecule has 154 valence electrons. The largest absolute Gasteiger partial charge is 0.468 e. The van der Waals surface area contributed by atoms with Crippen LogP contribution in [0.5, 0.6) is 5.75 Å². The molecular weight excluding hydrogens is 358 g/mol. The molecule has 2 aliphatic heterocycles. The molecule has 2 amide bonds. The zero-order valence-corrected chi connectivity index (χ0v) is 16.9. The van der Waals surface area contributed by atoms with Gasteiger partial charge in [0, 0.05) is 46.3 Å². The van der Waals surface area contributed by atoms with Gasteiger partial charge >= 0.3 is 0 Å². The van der Waals surface area contributed by atoms with Crippen LogP contribution in [0.15, 0.2) is 24.3 Å². The van der Waals surface area contributed by atoms with Crippen molar-refractivity contribution in [3.63, 3.8) is 0 Å². The summed E-state index contributed by atoms with van der Waals surface area (Å²) >= 11 is 0. The number of amides is 2. The first-order valence-corrected chi connectivity index (χ1v) is 10.0. The third kappa shape index (κ3) is 4.83. The van der Waals surface area contributed by atoms with Crippen LogP contribution in [0.25, 0.3) is 0 Å². The van der Waals surface area contributed by atoms with Gasteiger partial charge in [0.25, 0.3) is 0 Å². The summed E-state index contributed by atoms with van der Waals surface area (Å²) in [5, 5.41) is 3.06. The summed E-state index contributed by atoms with van der Waals surface area (Å²) in [5.74, 6) is 1.07. The molecule has 2 fully saturated rings. The molecule has 7 nitrogen and oxygen atoms in total. The molecule has 0 aromatic heterocycles. The number of nitrogens with zero attached hydrogens (tertiary/aromatic N) is 2. The highest BCUT2D eigenvalue weighted by Crippen LogP contribution is 2.32. The number of rotatable bonds is 10. The van der Waals surface area contributed by atoms with E-state index in [4.69, 9.17) is 9.47 Å². The Kier molecular flexibility index (Phi) is 6.91. The number of carbonyl (C=O) groups excluding carboxylic acids is 2. The second kappa shape index (κ2) is 9.39. The number of hydrogen-bond acceptors (Lipinski definition) is 5. The minimum absolute atomic E-state index is 0.0679. The van der Waals surface area contributed by atoms with Crippen molar-refractivity contribution in [2.45, 2.75) is 44.7 Å². The van der Waals surface area contributed by atoms with Gasteiger partial charge in [-0.2, -0.15) is 0 Å². The molecule has 0 saturated carbocycles. The topological polar surface area (TPSA) is 71.1 Å². The van der Waals surface area contributed by atoms with E-state index in [-0.39, 0.29) is 18.6 Å². The molecule has 1 aromatic carbocycles. The molecule has 3 rings (SSSR count). The molecule has 0 radical (unpaired) electrons. The lowest BCUT2D eigenvalue weighted by atomic mass is 9.85. The molecule has 28 heavy (non-hydrogen) atoms. The van der Waals surface area contributed by atoms with Gasteiger partial charge in [-0.25, -0.2) is 0 Å². The van der Waals surface area contributed by atoms with Gasteiger partial charge in [-0.05, 0) is 43.9 Å². The van der Waals surface area contributed by atoms with Gasteiger partial charge in [0.05, 0.1) is 5.54 Å². The Bertz CT molecular complexity index is 696. The van der Waals surface area contributed by atoms with Gasteiger partial charge in [-0.1, -0.05) is 12.1 Å². The van der Waals surface area contributed by atoms with Crippen molar-refractivity contribution in [1.29, 1.82) is 0 Å². The van der Waals surface area contributed by atoms with E-state index in [0.29, 0.717) is 19.5 Å². The predicted molar refractivity (Wildman–Crippen MR) is 106 cm³/mol. The van der Waals surface area contributed by atoms with Crippen LogP contribution < -0.4 is 10.1 Å². The van der Waals surface area contributed by atoms with Crippen molar-refractivity contribution in [3.8, 4) is 5.75 Å². The lowest BCUT2D eigenvalue weighted by Crippen LogP contribution is -2.65. The molecular formula is C21H31N3O4. The molecule has 2 saturated heterocycles. The summed E-state index contributed by atoms with van der Waals surface area (Å²) in [5.41, 5.74) is 0.632. The fourth-order valence-corrected chi connectivity index (χ4v) is 3.80. The van der Waals surface area contributed by atoms with Crippen molar-refractivity contribution in [2.24, 2.45) is 0 Å². The predicted octanol–water partition coefficient (Wildman–Crippen LogP) is 1.76. The Labute approximate surface area is 167 Å². The first-order chi connectivity index (χ1) is 13.5. The van der Waals surface area contributed by atoms with Crippen LogP contribution in [0.2, 0.25) is 0 Å². The maximum absolute atomic E-state index is 12.7. The number of likely N-dealkylation sites (tertiary alicyclic amines) is 2. The minimum Gasteiger partial charge on any atom is -0.468 e. The Morgan fingerprint density at radius 2 is 2.18 bits per heavy atom. The molecule has 1 aromatic rings. The van der Waals surface area contributed by atoms with Gasteiger partial charge in [-0.3, -0.25) is 14.5 Å². The van der Waals surface area contributed by atoms with Crippen molar-refractivity contribution >= 4 is 11.8 Å². The van der Waals surface area contributed by atoms with Crippen LogP contribution in [-0.4, -0.2) is 67.2 Å². The van der Waals surface area contributed by atoms with Crippen molar-refractivity contribution in [2.75, 3.05) is 40.1 Å². The van der Waals surface area contributed by atoms with Gasteiger partial charge in [0.1, 0.15) is 5.75 Å². The van der Waals surface area contributed by atoms with E-state index in [0.717, 1.165) is 50.2 Å². The number of carbonyl (C=O) groups is 2. The molecule has 7 heteroatoms. The monoisotopic (exact) mass is 389 g/mol. The zero-order chi connectivity index (χ0) is 20.0. The van der Waals surface area contributed by atoms with Crippen LogP contribution in [0.3, 0.4) is 0 Å². The third-order valence-electron chi connectivity index (χ3n) is 5.73.